The monoisotopic (exact) mass is 848 g/mol. The standard InChI is InChI=1S/C48H82NO9P/c1-6-8-10-12-14-16-18-20-21-22-23-25-27-29-31-33-35-39-47(51)55-43-46(44-57-59(53,54)56-42-41-49(3,4)5)58-48(52)40-36-38-45(50)37-34-32-30-28-26-24-19-17-15-13-11-9-7-2/h14,16,20-21,23-26,29-32,34,37,45-46,50H,6-13,15,17-19,22,27-28,33,35-36,38-44H2,1-5H3/b16-14-,21-20-,25-23-,26-24+,31-29-,32-30+,37-34+/t45?,46-/m1/s1. The molecule has 0 aliphatic carbocycles. The van der Waals surface area contributed by atoms with Crippen LogP contribution < -0.4 is 4.89 Å². The summed E-state index contributed by atoms with van der Waals surface area (Å²) in [4.78, 5) is 37.5. The fourth-order valence-corrected chi connectivity index (χ4v) is 6.15. The van der Waals surface area contributed by atoms with Crippen LogP contribution in [0.4, 0.5) is 0 Å². The van der Waals surface area contributed by atoms with Gasteiger partial charge in [-0.25, -0.2) is 0 Å². The molecule has 0 bridgehead atoms. The first-order chi connectivity index (χ1) is 28.4. The van der Waals surface area contributed by atoms with E-state index in [1.54, 1.807) is 12.2 Å². The number of phosphoric acid groups is 1. The van der Waals surface area contributed by atoms with Crippen molar-refractivity contribution in [3.63, 3.8) is 0 Å². The number of likely N-dealkylation sites (N-methyl/N-ethyl adjacent to an activating group) is 1. The van der Waals surface area contributed by atoms with Crippen LogP contribution in [0.1, 0.15) is 149 Å². The summed E-state index contributed by atoms with van der Waals surface area (Å²) in [6.07, 6.45) is 46.5. The first kappa shape index (κ1) is 56.1. The second-order valence-electron chi connectivity index (χ2n) is 15.9. The van der Waals surface area contributed by atoms with Gasteiger partial charge in [-0.05, 0) is 77.0 Å². The van der Waals surface area contributed by atoms with Gasteiger partial charge in [-0.2, -0.15) is 0 Å². The Balaban J connectivity index is 4.65. The van der Waals surface area contributed by atoms with Crippen LogP contribution in [0.5, 0.6) is 0 Å². The molecule has 0 aromatic rings. The molecule has 0 amide bonds. The Kier molecular flexibility index (Phi) is 37.4. The van der Waals surface area contributed by atoms with Gasteiger partial charge in [0.1, 0.15) is 19.8 Å². The minimum Gasteiger partial charge on any atom is -0.756 e. The summed E-state index contributed by atoms with van der Waals surface area (Å²) >= 11 is 0. The van der Waals surface area contributed by atoms with Crippen molar-refractivity contribution in [1.29, 1.82) is 0 Å². The van der Waals surface area contributed by atoms with E-state index in [1.165, 1.54) is 57.8 Å². The molecule has 0 aliphatic heterocycles. The Labute approximate surface area is 359 Å². The maximum Gasteiger partial charge on any atom is 0.306 e. The van der Waals surface area contributed by atoms with Crippen molar-refractivity contribution in [2.75, 3.05) is 47.5 Å². The van der Waals surface area contributed by atoms with E-state index in [9.17, 15) is 24.2 Å². The second kappa shape index (κ2) is 39.3. The molecule has 0 fully saturated rings. The predicted octanol–water partition coefficient (Wildman–Crippen LogP) is 11.1. The normalized spacial score (nSPS) is 14.9. The van der Waals surface area contributed by atoms with Crippen LogP contribution in [0.25, 0.3) is 0 Å². The SMILES string of the molecule is CCCCC/C=C\C/C=C\C/C=C\C/C=C\CCCC(=O)OC[C@H](COP(=O)([O-])OCC[N+](C)(C)C)OC(=O)CCCC(O)/C=C/C=C/C/C=C/CCCCCCCC. The highest BCUT2D eigenvalue weighted by Gasteiger charge is 2.22. The number of allylic oxidation sites excluding steroid dienone is 13. The lowest BCUT2D eigenvalue weighted by Gasteiger charge is -2.28. The van der Waals surface area contributed by atoms with E-state index in [-0.39, 0.29) is 26.1 Å². The van der Waals surface area contributed by atoms with E-state index in [0.29, 0.717) is 36.7 Å². The number of ether oxygens (including phenoxy) is 2. The zero-order valence-electron chi connectivity index (χ0n) is 37.5. The molecule has 10 nitrogen and oxygen atoms in total. The van der Waals surface area contributed by atoms with Gasteiger partial charge in [-0.3, -0.25) is 14.2 Å². The first-order valence-electron chi connectivity index (χ1n) is 22.4. The Hall–Kier alpha value is -2.85. The molecule has 59 heavy (non-hydrogen) atoms. The minimum absolute atomic E-state index is 0.0152. The first-order valence-corrected chi connectivity index (χ1v) is 23.9. The largest absolute Gasteiger partial charge is 0.756 e. The van der Waals surface area contributed by atoms with E-state index in [2.05, 4.69) is 68.5 Å². The van der Waals surface area contributed by atoms with Crippen molar-refractivity contribution in [3.05, 3.63) is 85.1 Å². The summed E-state index contributed by atoms with van der Waals surface area (Å²) in [6, 6.07) is 0. The van der Waals surface area contributed by atoms with E-state index in [1.807, 2.05) is 39.4 Å². The molecule has 0 radical (unpaired) electrons. The number of aliphatic hydroxyl groups is 1. The summed E-state index contributed by atoms with van der Waals surface area (Å²) in [6.45, 7) is 3.88. The van der Waals surface area contributed by atoms with Crippen LogP contribution in [0.15, 0.2) is 85.1 Å². The Bertz CT molecular complexity index is 1300. The highest BCUT2D eigenvalue weighted by Crippen LogP contribution is 2.38. The van der Waals surface area contributed by atoms with Gasteiger partial charge in [-0.15, -0.1) is 0 Å². The number of nitrogens with zero attached hydrogens (tertiary/aromatic N) is 1. The number of hydrogen-bond donors (Lipinski definition) is 1. The molecular weight excluding hydrogens is 765 g/mol. The maximum atomic E-state index is 12.7. The molecular formula is C48H82NO9P. The van der Waals surface area contributed by atoms with E-state index >= 15 is 0 Å². The summed E-state index contributed by atoms with van der Waals surface area (Å²) in [5, 5.41) is 10.3. The van der Waals surface area contributed by atoms with Gasteiger partial charge < -0.3 is 33.0 Å². The highest BCUT2D eigenvalue weighted by molar-refractivity contribution is 7.45. The van der Waals surface area contributed by atoms with Crippen LogP contribution in [0, 0.1) is 0 Å². The Morgan fingerprint density at radius 3 is 1.75 bits per heavy atom. The second-order valence-corrected chi connectivity index (χ2v) is 17.3. The van der Waals surface area contributed by atoms with Gasteiger partial charge in [0.05, 0.1) is 33.9 Å². The fraction of sp³-hybridized carbons (Fsp3) is 0.667. The van der Waals surface area contributed by atoms with Crippen molar-refractivity contribution in [3.8, 4) is 0 Å². The summed E-state index contributed by atoms with van der Waals surface area (Å²) in [5.41, 5.74) is 0. The average Bonchev–Trinajstić information content (AvgIpc) is 3.18. The molecule has 1 N–H and O–H groups in total. The van der Waals surface area contributed by atoms with Crippen LogP contribution in [-0.4, -0.2) is 81.2 Å². The van der Waals surface area contributed by atoms with Crippen LogP contribution >= 0.6 is 7.82 Å². The van der Waals surface area contributed by atoms with Crippen molar-refractivity contribution < 1.29 is 47.2 Å². The van der Waals surface area contributed by atoms with Gasteiger partial charge in [0.2, 0.25) is 0 Å². The van der Waals surface area contributed by atoms with E-state index in [0.717, 1.165) is 38.5 Å². The molecule has 2 unspecified atom stereocenters. The molecule has 338 valence electrons. The lowest BCUT2D eigenvalue weighted by atomic mass is 10.1. The number of aliphatic hydroxyl groups excluding tert-OH is 1. The van der Waals surface area contributed by atoms with Crippen molar-refractivity contribution in [2.45, 2.75) is 161 Å². The molecule has 0 heterocycles. The number of rotatable bonds is 39. The minimum atomic E-state index is -4.70. The Morgan fingerprint density at radius 2 is 1.14 bits per heavy atom. The number of unbranched alkanes of at least 4 members (excludes halogenated alkanes) is 10. The van der Waals surface area contributed by atoms with Gasteiger partial charge in [0, 0.05) is 12.8 Å². The quantitative estimate of drug-likeness (QED) is 0.0160. The highest BCUT2D eigenvalue weighted by atomic mass is 31.2. The molecule has 0 saturated heterocycles. The summed E-state index contributed by atoms with van der Waals surface area (Å²) in [7, 11) is 1.01. The number of phosphoric ester groups is 1. The smallest absolute Gasteiger partial charge is 0.306 e. The van der Waals surface area contributed by atoms with Gasteiger partial charge in [-0.1, -0.05) is 144 Å². The summed E-state index contributed by atoms with van der Waals surface area (Å²) in [5.74, 6) is -1.11. The third-order valence-electron chi connectivity index (χ3n) is 8.99. The van der Waals surface area contributed by atoms with Crippen LogP contribution in [-0.2, 0) is 32.7 Å². The Morgan fingerprint density at radius 1 is 0.627 bits per heavy atom. The number of carbonyl (C=O) groups excluding carboxylic acids is 2. The zero-order valence-corrected chi connectivity index (χ0v) is 38.4. The number of esters is 2. The molecule has 0 aromatic heterocycles. The number of carbonyl (C=O) groups is 2. The maximum absolute atomic E-state index is 12.7. The van der Waals surface area contributed by atoms with Crippen molar-refractivity contribution in [1.82, 2.24) is 0 Å². The van der Waals surface area contributed by atoms with Gasteiger partial charge >= 0.3 is 11.9 Å². The molecule has 0 aliphatic rings. The third kappa shape index (κ3) is 43.1. The third-order valence-corrected chi connectivity index (χ3v) is 9.96. The number of quaternary nitrogens is 1. The average molecular weight is 848 g/mol. The lowest BCUT2D eigenvalue weighted by Crippen LogP contribution is -2.37. The fourth-order valence-electron chi connectivity index (χ4n) is 5.42. The van der Waals surface area contributed by atoms with Gasteiger partial charge in [0.15, 0.2) is 6.10 Å². The van der Waals surface area contributed by atoms with Crippen molar-refractivity contribution >= 4 is 19.8 Å². The molecule has 11 heteroatoms. The molecule has 0 spiro atoms. The summed E-state index contributed by atoms with van der Waals surface area (Å²) < 4.78 is 33.7. The van der Waals surface area contributed by atoms with Crippen LogP contribution in [0.3, 0.4) is 0 Å². The lowest BCUT2D eigenvalue weighted by molar-refractivity contribution is -0.870. The van der Waals surface area contributed by atoms with E-state index in [4.69, 9.17) is 18.5 Å². The number of hydrogen-bond acceptors (Lipinski definition) is 9. The molecule has 0 aromatic carbocycles. The predicted molar refractivity (Wildman–Crippen MR) is 242 cm³/mol. The zero-order chi connectivity index (χ0) is 43.7. The molecule has 0 saturated carbocycles. The van der Waals surface area contributed by atoms with Gasteiger partial charge in [0.25, 0.3) is 7.82 Å². The molecule has 0 rings (SSSR count). The van der Waals surface area contributed by atoms with Crippen LogP contribution in [0.2, 0.25) is 0 Å². The van der Waals surface area contributed by atoms with E-state index < -0.39 is 38.6 Å². The van der Waals surface area contributed by atoms with Crippen molar-refractivity contribution in [2.24, 2.45) is 0 Å². The molecule has 3 atom stereocenters. The topological polar surface area (TPSA) is 131 Å².